The van der Waals surface area contributed by atoms with Crippen LogP contribution in [0.25, 0.3) is 0 Å². The maximum atomic E-state index is 13.9. The number of nitrogens with zero attached hydrogens (tertiary/aromatic N) is 4. The average molecular weight is 768 g/mol. The molecule has 1 aliphatic carbocycles. The molecule has 0 spiro atoms. The van der Waals surface area contributed by atoms with Gasteiger partial charge in [0.25, 0.3) is 5.91 Å². The molecule has 0 radical (unpaired) electrons. The van der Waals surface area contributed by atoms with Gasteiger partial charge in [0.05, 0.1) is 17.5 Å². The predicted octanol–water partition coefficient (Wildman–Crippen LogP) is 7.56. The number of piperazine rings is 1. The molecular formula is C43H63ClN4O4S. The van der Waals surface area contributed by atoms with Crippen LogP contribution in [-0.4, -0.2) is 107 Å². The fourth-order valence-electron chi connectivity index (χ4n) is 9.63. The number of aliphatic hydroxyl groups is 1. The summed E-state index contributed by atoms with van der Waals surface area (Å²) < 4.78 is 21.9. The van der Waals surface area contributed by atoms with E-state index in [0.29, 0.717) is 36.0 Å². The number of carbonyl (C=O) groups is 1. The van der Waals surface area contributed by atoms with Gasteiger partial charge in [-0.15, -0.1) is 0 Å². The minimum Gasteiger partial charge on any atom is -0.491 e. The number of aryl methyl sites for hydroxylation is 1. The number of fused-ring (bicyclic) bond motifs is 3. The Morgan fingerprint density at radius 3 is 2.58 bits per heavy atom. The zero-order chi connectivity index (χ0) is 37.5. The summed E-state index contributed by atoms with van der Waals surface area (Å²) in [6.45, 7) is 12.6. The van der Waals surface area contributed by atoms with Gasteiger partial charge in [-0.2, -0.15) is 0 Å². The van der Waals surface area contributed by atoms with Crippen LogP contribution in [0.15, 0.2) is 48.6 Å². The number of rotatable bonds is 6. The lowest BCUT2D eigenvalue weighted by Crippen LogP contribution is -2.56. The second-order valence-electron chi connectivity index (χ2n) is 15.9. The van der Waals surface area contributed by atoms with Gasteiger partial charge in [-0.3, -0.25) is 18.9 Å². The maximum Gasteiger partial charge on any atom is 0.265 e. The van der Waals surface area contributed by atoms with Crippen LogP contribution in [0.5, 0.6) is 5.75 Å². The molecule has 7 unspecified atom stereocenters. The van der Waals surface area contributed by atoms with Crippen molar-refractivity contribution in [1.29, 1.82) is 0 Å². The Bertz CT molecular complexity index is 1590. The van der Waals surface area contributed by atoms with Crippen LogP contribution < -0.4 is 9.64 Å². The monoisotopic (exact) mass is 766 g/mol. The van der Waals surface area contributed by atoms with Gasteiger partial charge >= 0.3 is 0 Å². The zero-order valence-electron chi connectivity index (χ0n) is 32.6. The first-order chi connectivity index (χ1) is 25.8. The van der Waals surface area contributed by atoms with E-state index in [-0.39, 0.29) is 17.1 Å². The standard InChI is InChI=1S/C42H59ClN4O3S.CH4O/c1-4-10-30-23-35(43)16-18-38(30)34-27-47-26-33-14-17-39(33)32(25-45-21-22-46-20-9-8-12-36(46)28-45)11-6-7-13-37(5-2)51(49)44(3)42(48)31-15-19-41(50-29-34)40(47)24-31;1-2/h6,11,15-16,18-19,23-24,32-34,36-37,39H,4-5,7-10,12-14,17,20-22,25-29H2,1-3H3;2H,1H3/b11-6+;. The van der Waals surface area contributed by atoms with Crippen LogP contribution in [0.2, 0.25) is 5.02 Å². The van der Waals surface area contributed by atoms with Gasteiger partial charge in [0.15, 0.2) is 0 Å². The fourth-order valence-corrected chi connectivity index (χ4v) is 11.2. The molecule has 2 saturated heterocycles. The first-order valence-corrected chi connectivity index (χ1v) is 21.9. The topological polar surface area (TPSA) is 76.6 Å². The van der Waals surface area contributed by atoms with E-state index in [2.05, 4.69) is 52.8 Å². The number of aliphatic hydroxyl groups excluding tert-OH is 1. The number of ether oxygens (including phenoxy) is 1. The van der Waals surface area contributed by atoms with Crippen LogP contribution in [0.4, 0.5) is 5.69 Å². The van der Waals surface area contributed by atoms with Crippen LogP contribution in [0.1, 0.15) is 99.0 Å². The van der Waals surface area contributed by atoms with E-state index in [1.54, 1.807) is 7.05 Å². The first-order valence-electron chi connectivity index (χ1n) is 20.4. The van der Waals surface area contributed by atoms with Crippen LogP contribution >= 0.6 is 11.6 Å². The van der Waals surface area contributed by atoms with Gasteiger partial charge in [-0.05, 0) is 117 Å². The molecule has 1 N–H and O–H groups in total. The Balaban J connectivity index is 0.00000236. The number of hydrogen-bond acceptors (Lipinski definition) is 7. The number of anilines is 1. The quantitative estimate of drug-likeness (QED) is 0.305. The number of piperidine rings is 1. The summed E-state index contributed by atoms with van der Waals surface area (Å²) in [5.74, 6) is 2.48. The highest BCUT2D eigenvalue weighted by atomic mass is 35.5. The van der Waals surface area contributed by atoms with Crippen LogP contribution in [-0.2, 0) is 17.4 Å². The van der Waals surface area contributed by atoms with Gasteiger partial charge < -0.3 is 14.7 Å². The van der Waals surface area contributed by atoms with Crippen molar-refractivity contribution in [3.05, 3.63) is 70.3 Å². The molecule has 4 aliphatic heterocycles. The van der Waals surface area contributed by atoms with Crippen molar-refractivity contribution in [1.82, 2.24) is 14.1 Å². The predicted molar refractivity (Wildman–Crippen MR) is 219 cm³/mol. The number of hydrogen-bond donors (Lipinski definition) is 1. The lowest BCUT2D eigenvalue weighted by molar-refractivity contribution is 0.0283. The fraction of sp³-hybridized carbons (Fsp3) is 0.651. The molecule has 8 nitrogen and oxygen atoms in total. The highest BCUT2D eigenvalue weighted by molar-refractivity contribution is 7.83. The van der Waals surface area contributed by atoms with Gasteiger partial charge in [0, 0.05) is 76.0 Å². The van der Waals surface area contributed by atoms with Gasteiger partial charge in [0.1, 0.15) is 16.7 Å². The Morgan fingerprint density at radius 1 is 0.962 bits per heavy atom. The second kappa shape index (κ2) is 18.9. The van der Waals surface area contributed by atoms with Crippen molar-refractivity contribution < 1.29 is 18.8 Å². The molecule has 4 heterocycles. The first kappa shape index (κ1) is 40.2. The number of halogens is 1. The van der Waals surface area contributed by atoms with E-state index in [0.717, 1.165) is 81.9 Å². The molecule has 10 heteroatoms. The molecule has 2 aromatic rings. The van der Waals surface area contributed by atoms with Crippen molar-refractivity contribution in [3.8, 4) is 5.75 Å². The highest BCUT2D eigenvalue weighted by Gasteiger charge is 2.40. The molecule has 7 atom stereocenters. The van der Waals surface area contributed by atoms with Crippen molar-refractivity contribution in [2.45, 2.75) is 95.3 Å². The lowest BCUT2D eigenvalue weighted by Gasteiger charge is -2.48. The van der Waals surface area contributed by atoms with E-state index in [9.17, 15) is 9.00 Å². The Kier molecular flexibility index (Phi) is 14.4. The van der Waals surface area contributed by atoms with Crippen molar-refractivity contribution in [3.63, 3.8) is 0 Å². The largest absolute Gasteiger partial charge is 0.491 e. The van der Waals surface area contributed by atoms with Crippen molar-refractivity contribution in [2.24, 2.45) is 17.8 Å². The van der Waals surface area contributed by atoms with E-state index in [4.69, 9.17) is 21.4 Å². The summed E-state index contributed by atoms with van der Waals surface area (Å²) in [6, 6.07) is 12.9. The minimum atomic E-state index is -1.42. The summed E-state index contributed by atoms with van der Waals surface area (Å²) in [5, 5.41) is 7.71. The summed E-state index contributed by atoms with van der Waals surface area (Å²) >= 11 is 6.51. The Labute approximate surface area is 326 Å². The average Bonchev–Trinajstić information content (AvgIpc) is 3.35. The minimum absolute atomic E-state index is 0.0658. The molecule has 1 amide bonds. The highest BCUT2D eigenvalue weighted by Crippen LogP contribution is 2.45. The Morgan fingerprint density at radius 2 is 1.81 bits per heavy atom. The maximum absolute atomic E-state index is 13.9. The molecule has 3 fully saturated rings. The molecule has 1 saturated carbocycles. The third-order valence-corrected chi connectivity index (χ3v) is 14.8. The van der Waals surface area contributed by atoms with Crippen LogP contribution in [0.3, 0.4) is 0 Å². The summed E-state index contributed by atoms with van der Waals surface area (Å²) in [4.78, 5) is 21.9. The molecule has 7 rings (SSSR count). The molecule has 5 aliphatic rings. The second-order valence-corrected chi connectivity index (χ2v) is 18.1. The van der Waals surface area contributed by atoms with Crippen LogP contribution in [0, 0.1) is 17.8 Å². The van der Waals surface area contributed by atoms with E-state index < -0.39 is 11.0 Å². The molecule has 53 heavy (non-hydrogen) atoms. The number of amides is 1. The van der Waals surface area contributed by atoms with Gasteiger partial charge in [-0.25, -0.2) is 4.21 Å². The molecule has 292 valence electrons. The third-order valence-electron chi connectivity index (χ3n) is 12.7. The normalized spacial score (nSPS) is 30.5. The number of allylic oxidation sites excluding steroid dienone is 1. The molecule has 0 aromatic heterocycles. The van der Waals surface area contributed by atoms with E-state index >= 15 is 0 Å². The SMILES string of the molecule is CCCc1cc(Cl)ccc1C1COc2ccc3cc2N(C1)CC1CCC1C(CN1CCN2CCCCC2C1)/C=C/CCC(CC)S(=O)N(C)C3=O.CO. The Hall–Kier alpha value is -2.43. The van der Waals surface area contributed by atoms with Gasteiger partial charge in [-0.1, -0.05) is 56.5 Å². The smallest absolute Gasteiger partial charge is 0.265 e. The number of benzene rings is 2. The third kappa shape index (κ3) is 9.34. The zero-order valence-corrected chi connectivity index (χ0v) is 34.1. The summed E-state index contributed by atoms with van der Waals surface area (Å²) in [5.41, 5.74) is 4.17. The molecular weight excluding hydrogens is 704 g/mol. The van der Waals surface area contributed by atoms with Crippen molar-refractivity contribution in [2.75, 3.05) is 71.5 Å². The molecule has 2 aromatic carbocycles. The summed E-state index contributed by atoms with van der Waals surface area (Å²) in [6.07, 6.45) is 16.0. The van der Waals surface area contributed by atoms with Gasteiger partial charge in [0.2, 0.25) is 0 Å². The summed E-state index contributed by atoms with van der Waals surface area (Å²) in [7, 11) is 1.28. The van der Waals surface area contributed by atoms with E-state index in [1.165, 1.54) is 67.2 Å². The van der Waals surface area contributed by atoms with E-state index in [1.807, 2.05) is 24.3 Å². The molecule has 2 bridgehead atoms. The lowest BCUT2D eigenvalue weighted by atomic mass is 9.66. The van der Waals surface area contributed by atoms with Crippen molar-refractivity contribution >= 4 is 34.2 Å². The number of carbonyl (C=O) groups excluding carboxylic acids is 1.